The predicted molar refractivity (Wildman–Crippen MR) is 100 cm³/mol. The molecule has 0 radical (unpaired) electrons. The van der Waals surface area contributed by atoms with Gasteiger partial charge in [-0.25, -0.2) is 4.79 Å². The first kappa shape index (κ1) is 17.6. The normalized spacial score (nSPS) is 29.3. The van der Waals surface area contributed by atoms with Gasteiger partial charge in [0, 0.05) is 13.1 Å². The lowest BCUT2D eigenvalue weighted by Gasteiger charge is -2.27. The zero-order valence-corrected chi connectivity index (χ0v) is 15.9. The summed E-state index contributed by atoms with van der Waals surface area (Å²) in [6.45, 7) is 1.94. The average Bonchev–Trinajstić information content (AvgIpc) is 3.34. The Morgan fingerprint density at radius 3 is 2.68 bits per heavy atom. The van der Waals surface area contributed by atoms with E-state index in [1.54, 1.807) is 4.90 Å². The largest absolute Gasteiger partial charge is 0.486 e. The number of amides is 2. The van der Waals surface area contributed by atoms with Crippen LogP contribution in [0, 0.1) is 17.3 Å². The van der Waals surface area contributed by atoms with Crippen LogP contribution < -0.4 is 14.8 Å². The van der Waals surface area contributed by atoms with Crippen molar-refractivity contribution in [2.75, 3.05) is 26.3 Å². The zero-order chi connectivity index (χ0) is 19.3. The standard InChI is InChI=1S/C21H26N2O5/c24-19(25)21-7-1-2-15(21)11-23(12-21)20(26)22-18(13-3-4-13)14-5-6-16-17(10-14)28-9-8-27-16/h5-6,10,13,15,18H,1-4,7-9,11-12H2,(H,22,26)(H,24,25)/t15-,18?,21+/m0/s1. The maximum absolute atomic E-state index is 13.0. The Labute approximate surface area is 164 Å². The van der Waals surface area contributed by atoms with Crippen molar-refractivity contribution < 1.29 is 24.2 Å². The van der Waals surface area contributed by atoms with Gasteiger partial charge >= 0.3 is 12.0 Å². The second kappa shape index (κ2) is 6.57. The molecule has 28 heavy (non-hydrogen) atoms. The van der Waals surface area contributed by atoms with Gasteiger partial charge in [0.15, 0.2) is 11.5 Å². The van der Waals surface area contributed by atoms with Crippen LogP contribution in [0.3, 0.4) is 0 Å². The fraction of sp³-hybridized carbons (Fsp3) is 0.619. The lowest BCUT2D eigenvalue weighted by atomic mass is 9.81. The van der Waals surface area contributed by atoms with Crippen LogP contribution in [0.25, 0.3) is 0 Å². The number of nitrogens with one attached hydrogen (secondary N) is 1. The van der Waals surface area contributed by atoms with Crippen LogP contribution >= 0.6 is 0 Å². The van der Waals surface area contributed by atoms with E-state index in [9.17, 15) is 14.7 Å². The molecule has 7 heteroatoms. The number of carbonyl (C=O) groups excluding carboxylic acids is 1. The molecule has 3 fully saturated rings. The Morgan fingerprint density at radius 2 is 1.96 bits per heavy atom. The predicted octanol–water partition coefficient (Wildman–Crippen LogP) is 2.81. The van der Waals surface area contributed by atoms with Crippen LogP contribution in [0.15, 0.2) is 18.2 Å². The van der Waals surface area contributed by atoms with Crippen LogP contribution in [0.1, 0.15) is 43.7 Å². The molecule has 2 aliphatic heterocycles. The molecule has 2 heterocycles. The lowest BCUT2D eigenvalue weighted by Crippen LogP contribution is -2.43. The van der Waals surface area contributed by atoms with Crippen molar-refractivity contribution in [3.8, 4) is 11.5 Å². The summed E-state index contributed by atoms with van der Waals surface area (Å²) < 4.78 is 11.3. The highest BCUT2D eigenvalue weighted by Gasteiger charge is 2.56. The highest BCUT2D eigenvalue weighted by atomic mass is 16.6. The van der Waals surface area contributed by atoms with Gasteiger partial charge in [0.1, 0.15) is 13.2 Å². The highest BCUT2D eigenvalue weighted by molar-refractivity contribution is 5.81. The topological polar surface area (TPSA) is 88.1 Å². The first-order chi connectivity index (χ1) is 13.6. The molecule has 2 saturated carbocycles. The number of fused-ring (bicyclic) bond motifs is 2. The number of urea groups is 1. The molecule has 3 atom stereocenters. The van der Waals surface area contributed by atoms with Gasteiger partial charge in [-0.1, -0.05) is 12.5 Å². The summed E-state index contributed by atoms with van der Waals surface area (Å²) in [5.41, 5.74) is 0.274. The van der Waals surface area contributed by atoms with Crippen molar-refractivity contribution in [1.82, 2.24) is 10.2 Å². The van der Waals surface area contributed by atoms with E-state index >= 15 is 0 Å². The molecule has 2 N–H and O–H groups in total. The first-order valence-corrected chi connectivity index (χ1v) is 10.3. The summed E-state index contributed by atoms with van der Waals surface area (Å²) in [6, 6.07) is 5.64. The molecular formula is C21H26N2O5. The van der Waals surface area contributed by atoms with Gasteiger partial charge in [0.25, 0.3) is 0 Å². The minimum atomic E-state index is -0.754. The molecule has 0 aromatic heterocycles. The zero-order valence-electron chi connectivity index (χ0n) is 15.9. The minimum Gasteiger partial charge on any atom is -0.486 e. The van der Waals surface area contributed by atoms with Crippen LogP contribution in [-0.2, 0) is 4.79 Å². The van der Waals surface area contributed by atoms with Crippen LogP contribution in [0.2, 0.25) is 0 Å². The number of hydrogen-bond donors (Lipinski definition) is 2. The SMILES string of the molecule is O=C(NC(c1ccc2c(c1)OCCO2)C1CC1)N1C[C@@H]2CCC[C@@]2(C(=O)O)C1. The summed E-state index contributed by atoms with van der Waals surface area (Å²) in [5.74, 6) is 1.21. The van der Waals surface area contributed by atoms with Crippen LogP contribution in [0.4, 0.5) is 4.79 Å². The quantitative estimate of drug-likeness (QED) is 0.831. The van der Waals surface area contributed by atoms with E-state index in [1.807, 2.05) is 18.2 Å². The lowest BCUT2D eigenvalue weighted by molar-refractivity contribution is -0.149. The fourth-order valence-electron chi connectivity index (χ4n) is 5.17. The Balaban J connectivity index is 1.33. The summed E-state index contributed by atoms with van der Waals surface area (Å²) >= 11 is 0. The van der Waals surface area contributed by atoms with E-state index in [2.05, 4.69) is 5.32 Å². The number of ether oxygens (including phenoxy) is 2. The second-order valence-corrected chi connectivity index (χ2v) is 8.60. The molecule has 1 saturated heterocycles. The Bertz CT molecular complexity index is 808. The van der Waals surface area contributed by atoms with Crippen molar-refractivity contribution in [3.63, 3.8) is 0 Å². The number of carbonyl (C=O) groups is 2. The maximum Gasteiger partial charge on any atom is 0.317 e. The molecule has 2 aliphatic carbocycles. The van der Waals surface area contributed by atoms with Gasteiger partial charge in [-0.15, -0.1) is 0 Å². The molecule has 0 bridgehead atoms. The molecule has 1 unspecified atom stereocenters. The molecule has 2 amide bonds. The van der Waals surface area contributed by atoms with E-state index < -0.39 is 11.4 Å². The second-order valence-electron chi connectivity index (χ2n) is 8.60. The third-order valence-corrected chi connectivity index (χ3v) is 6.88. The summed E-state index contributed by atoms with van der Waals surface area (Å²) in [6.07, 6.45) is 4.67. The molecule has 7 nitrogen and oxygen atoms in total. The van der Waals surface area contributed by atoms with Crippen molar-refractivity contribution in [2.24, 2.45) is 17.3 Å². The van der Waals surface area contributed by atoms with Gasteiger partial charge in [0.05, 0.1) is 11.5 Å². The third kappa shape index (κ3) is 2.88. The van der Waals surface area contributed by atoms with Crippen molar-refractivity contribution in [2.45, 2.75) is 38.1 Å². The summed E-state index contributed by atoms with van der Waals surface area (Å²) in [7, 11) is 0. The van der Waals surface area contributed by atoms with Crippen molar-refractivity contribution in [1.29, 1.82) is 0 Å². The molecule has 150 valence electrons. The van der Waals surface area contributed by atoms with Gasteiger partial charge in [-0.3, -0.25) is 4.79 Å². The van der Waals surface area contributed by atoms with E-state index in [0.717, 1.165) is 42.7 Å². The molecule has 1 aromatic rings. The van der Waals surface area contributed by atoms with Gasteiger partial charge in [0.2, 0.25) is 0 Å². The number of hydrogen-bond acceptors (Lipinski definition) is 4. The van der Waals surface area contributed by atoms with E-state index in [4.69, 9.17) is 9.47 Å². The number of likely N-dealkylation sites (tertiary alicyclic amines) is 1. The number of carboxylic acids is 1. The Hall–Kier alpha value is -2.44. The fourth-order valence-corrected chi connectivity index (χ4v) is 5.17. The van der Waals surface area contributed by atoms with Crippen molar-refractivity contribution in [3.05, 3.63) is 23.8 Å². The average molecular weight is 386 g/mol. The van der Waals surface area contributed by atoms with E-state index in [-0.39, 0.29) is 18.0 Å². The number of aliphatic carboxylic acids is 1. The van der Waals surface area contributed by atoms with Crippen molar-refractivity contribution >= 4 is 12.0 Å². The molecule has 1 aromatic carbocycles. The molecule has 5 rings (SSSR count). The first-order valence-electron chi connectivity index (χ1n) is 10.3. The summed E-state index contributed by atoms with van der Waals surface area (Å²) in [4.78, 5) is 26.6. The molecular weight excluding hydrogens is 360 g/mol. The number of rotatable bonds is 4. The Kier molecular flexibility index (Phi) is 4.14. The number of nitrogens with zero attached hydrogens (tertiary/aromatic N) is 1. The van der Waals surface area contributed by atoms with Gasteiger partial charge < -0.3 is 24.8 Å². The highest BCUT2D eigenvalue weighted by Crippen LogP contribution is 2.49. The number of carboxylic acid groups (broad SMARTS) is 1. The summed E-state index contributed by atoms with van der Waals surface area (Å²) in [5, 5.41) is 12.9. The van der Waals surface area contributed by atoms with Crippen LogP contribution in [0.5, 0.6) is 11.5 Å². The Morgan fingerprint density at radius 1 is 1.18 bits per heavy atom. The maximum atomic E-state index is 13.0. The molecule has 0 spiro atoms. The van der Waals surface area contributed by atoms with Gasteiger partial charge in [-0.2, -0.15) is 0 Å². The minimum absolute atomic E-state index is 0.0735. The van der Waals surface area contributed by atoms with E-state index in [0.29, 0.717) is 38.6 Å². The van der Waals surface area contributed by atoms with E-state index in [1.165, 1.54) is 0 Å². The number of benzene rings is 1. The smallest absolute Gasteiger partial charge is 0.317 e. The monoisotopic (exact) mass is 386 g/mol. The third-order valence-electron chi connectivity index (χ3n) is 6.88. The molecule has 4 aliphatic rings. The van der Waals surface area contributed by atoms with Crippen LogP contribution in [-0.4, -0.2) is 48.3 Å². The van der Waals surface area contributed by atoms with Gasteiger partial charge in [-0.05, 0) is 55.2 Å².